The Kier molecular flexibility index (Phi) is 15.3. The predicted molar refractivity (Wildman–Crippen MR) is 113 cm³/mol. The summed E-state index contributed by atoms with van der Waals surface area (Å²) in [5, 5.41) is 14.8. The summed E-state index contributed by atoms with van der Waals surface area (Å²) in [5.74, 6) is -0.541. The van der Waals surface area contributed by atoms with E-state index in [-0.39, 0.29) is 18.4 Å². The summed E-state index contributed by atoms with van der Waals surface area (Å²) in [4.78, 5) is 24.0. The van der Waals surface area contributed by atoms with Crippen LogP contribution in [0, 0.1) is 5.41 Å². The average Bonchev–Trinajstić information content (AvgIpc) is 2.62. The fourth-order valence-corrected chi connectivity index (χ4v) is 2.87. The van der Waals surface area contributed by atoms with Crippen molar-refractivity contribution in [3.8, 4) is 0 Å². The van der Waals surface area contributed by atoms with E-state index in [1.165, 1.54) is 64.2 Å². The van der Waals surface area contributed by atoms with Crippen molar-refractivity contribution >= 4 is 11.8 Å². The van der Waals surface area contributed by atoms with Crippen molar-refractivity contribution in [1.82, 2.24) is 10.6 Å². The molecule has 1 unspecified atom stereocenters. The number of nitrogens with one attached hydrogen (secondary N) is 2. The number of carbonyl (C=O) groups excluding carboxylic acids is 2. The number of hydrogen-bond donors (Lipinski definition) is 3. The first-order chi connectivity index (χ1) is 12.8. The summed E-state index contributed by atoms with van der Waals surface area (Å²) >= 11 is 0. The smallest absolute Gasteiger partial charge is 0.244 e. The molecule has 0 bridgehead atoms. The molecule has 1 atom stereocenters. The van der Waals surface area contributed by atoms with E-state index in [1.54, 1.807) is 20.8 Å². The standard InChI is InChI=1S/C22H44N2O3/c1-5-6-7-8-9-10-11-12-13-14-15-16-17-23-20(26)19(18-25)24-21(27)22(2,3)4/h19,25H,5-18H2,1-4H3,(H,23,26)(H,24,27). The summed E-state index contributed by atoms with van der Waals surface area (Å²) in [5.41, 5.74) is -0.580. The Morgan fingerprint density at radius 3 is 1.67 bits per heavy atom. The molecule has 0 aromatic heterocycles. The second kappa shape index (κ2) is 15.9. The molecule has 5 nitrogen and oxygen atoms in total. The van der Waals surface area contributed by atoms with Gasteiger partial charge in [0.1, 0.15) is 6.04 Å². The Labute approximate surface area is 167 Å². The number of hydrogen-bond acceptors (Lipinski definition) is 3. The zero-order valence-electron chi connectivity index (χ0n) is 18.2. The van der Waals surface area contributed by atoms with Crippen molar-refractivity contribution in [2.75, 3.05) is 13.2 Å². The number of amides is 2. The van der Waals surface area contributed by atoms with E-state index in [9.17, 15) is 14.7 Å². The van der Waals surface area contributed by atoms with Crippen LogP contribution in [0.1, 0.15) is 105 Å². The lowest BCUT2D eigenvalue weighted by molar-refractivity contribution is -0.134. The molecule has 0 aliphatic carbocycles. The first kappa shape index (κ1) is 25.9. The maximum absolute atomic E-state index is 12.1. The third-order valence-electron chi connectivity index (χ3n) is 4.82. The van der Waals surface area contributed by atoms with E-state index < -0.39 is 11.5 Å². The van der Waals surface area contributed by atoms with Crippen LogP contribution in [-0.2, 0) is 9.59 Å². The average molecular weight is 385 g/mol. The van der Waals surface area contributed by atoms with E-state index in [1.807, 2.05) is 0 Å². The summed E-state index contributed by atoms with van der Waals surface area (Å²) in [6.07, 6.45) is 15.4. The lowest BCUT2D eigenvalue weighted by Crippen LogP contribution is -2.51. The van der Waals surface area contributed by atoms with Crippen LogP contribution >= 0.6 is 0 Å². The largest absolute Gasteiger partial charge is 0.394 e. The number of carbonyl (C=O) groups is 2. The lowest BCUT2D eigenvalue weighted by atomic mass is 9.95. The van der Waals surface area contributed by atoms with Gasteiger partial charge in [-0.15, -0.1) is 0 Å². The summed E-state index contributed by atoms with van der Waals surface area (Å²) in [6.45, 7) is 7.80. The fraction of sp³-hybridized carbons (Fsp3) is 0.909. The molecule has 27 heavy (non-hydrogen) atoms. The number of aliphatic hydroxyl groups is 1. The lowest BCUT2D eigenvalue weighted by Gasteiger charge is -2.22. The van der Waals surface area contributed by atoms with Crippen LogP contribution < -0.4 is 10.6 Å². The number of unbranched alkanes of at least 4 members (excludes halogenated alkanes) is 11. The van der Waals surface area contributed by atoms with Crippen LogP contribution in [0.25, 0.3) is 0 Å². The minimum Gasteiger partial charge on any atom is -0.394 e. The Hall–Kier alpha value is -1.10. The van der Waals surface area contributed by atoms with Gasteiger partial charge in [-0.2, -0.15) is 0 Å². The summed E-state index contributed by atoms with van der Waals surface area (Å²) in [6, 6.07) is -0.867. The predicted octanol–water partition coefficient (Wildman–Crippen LogP) is 4.33. The molecule has 0 spiro atoms. The van der Waals surface area contributed by atoms with E-state index in [4.69, 9.17) is 0 Å². The Morgan fingerprint density at radius 2 is 1.26 bits per heavy atom. The van der Waals surface area contributed by atoms with E-state index >= 15 is 0 Å². The fourth-order valence-electron chi connectivity index (χ4n) is 2.87. The molecule has 5 heteroatoms. The number of rotatable bonds is 16. The van der Waals surface area contributed by atoms with Gasteiger partial charge in [0, 0.05) is 12.0 Å². The minimum absolute atomic E-state index is 0.234. The van der Waals surface area contributed by atoms with Crippen molar-refractivity contribution < 1.29 is 14.7 Å². The third-order valence-corrected chi connectivity index (χ3v) is 4.82. The molecule has 0 radical (unpaired) electrons. The van der Waals surface area contributed by atoms with Crippen LogP contribution in [-0.4, -0.2) is 36.1 Å². The van der Waals surface area contributed by atoms with Gasteiger partial charge in [0.25, 0.3) is 0 Å². The molecule has 0 fully saturated rings. The molecular weight excluding hydrogens is 340 g/mol. The molecule has 0 rings (SSSR count). The van der Waals surface area contributed by atoms with Crippen LogP contribution in [0.4, 0.5) is 0 Å². The van der Waals surface area contributed by atoms with Crippen LogP contribution in [0.2, 0.25) is 0 Å². The van der Waals surface area contributed by atoms with Gasteiger partial charge in [-0.05, 0) is 6.42 Å². The minimum atomic E-state index is -0.867. The Morgan fingerprint density at radius 1 is 0.815 bits per heavy atom. The van der Waals surface area contributed by atoms with Gasteiger partial charge in [-0.3, -0.25) is 9.59 Å². The second-order valence-corrected chi connectivity index (χ2v) is 8.64. The normalized spacial score (nSPS) is 12.6. The van der Waals surface area contributed by atoms with Crippen molar-refractivity contribution in [1.29, 1.82) is 0 Å². The molecule has 0 saturated carbocycles. The SMILES string of the molecule is CCCCCCCCCCCCCCNC(=O)C(CO)NC(=O)C(C)(C)C. The molecule has 0 aliphatic rings. The number of aliphatic hydroxyl groups excluding tert-OH is 1. The highest BCUT2D eigenvalue weighted by molar-refractivity contribution is 5.89. The van der Waals surface area contributed by atoms with Crippen LogP contribution in [0.5, 0.6) is 0 Å². The molecule has 0 aromatic rings. The van der Waals surface area contributed by atoms with E-state index in [0.717, 1.165) is 12.8 Å². The first-order valence-electron chi connectivity index (χ1n) is 11.0. The van der Waals surface area contributed by atoms with Gasteiger partial charge >= 0.3 is 0 Å². The van der Waals surface area contributed by atoms with Gasteiger partial charge in [0.15, 0.2) is 0 Å². The second-order valence-electron chi connectivity index (χ2n) is 8.64. The maximum atomic E-state index is 12.1. The van der Waals surface area contributed by atoms with Crippen LogP contribution in [0.3, 0.4) is 0 Å². The summed E-state index contributed by atoms with van der Waals surface area (Å²) < 4.78 is 0. The Balaban J connectivity index is 3.60. The van der Waals surface area contributed by atoms with E-state index in [0.29, 0.717) is 6.54 Å². The molecule has 3 N–H and O–H groups in total. The molecule has 0 heterocycles. The third kappa shape index (κ3) is 14.6. The zero-order valence-corrected chi connectivity index (χ0v) is 18.2. The molecule has 0 saturated heterocycles. The maximum Gasteiger partial charge on any atom is 0.244 e. The van der Waals surface area contributed by atoms with E-state index in [2.05, 4.69) is 17.6 Å². The van der Waals surface area contributed by atoms with Gasteiger partial charge in [0.2, 0.25) is 11.8 Å². The monoisotopic (exact) mass is 384 g/mol. The first-order valence-corrected chi connectivity index (χ1v) is 11.0. The van der Waals surface area contributed by atoms with Crippen molar-refractivity contribution in [3.05, 3.63) is 0 Å². The molecule has 2 amide bonds. The Bertz CT molecular complexity index is 392. The van der Waals surface area contributed by atoms with Gasteiger partial charge in [-0.25, -0.2) is 0 Å². The highest BCUT2D eigenvalue weighted by Gasteiger charge is 2.26. The van der Waals surface area contributed by atoms with Gasteiger partial charge < -0.3 is 15.7 Å². The highest BCUT2D eigenvalue weighted by atomic mass is 16.3. The van der Waals surface area contributed by atoms with Crippen molar-refractivity contribution in [2.45, 2.75) is 111 Å². The molecule has 0 aromatic carbocycles. The molecular formula is C22H44N2O3. The summed E-state index contributed by atoms with van der Waals surface area (Å²) in [7, 11) is 0. The van der Waals surface area contributed by atoms with Gasteiger partial charge in [-0.1, -0.05) is 98.3 Å². The highest BCUT2D eigenvalue weighted by Crippen LogP contribution is 2.13. The van der Waals surface area contributed by atoms with Crippen molar-refractivity contribution in [3.63, 3.8) is 0 Å². The molecule has 0 aliphatic heterocycles. The quantitative estimate of drug-likeness (QED) is 0.347. The zero-order chi connectivity index (χ0) is 20.5. The van der Waals surface area contributed by atoms with Crippen molar-refractivity contribution in [2.24, 2.45) is 5.41 Å². The molecule has 160 valence electrons. The topological polar surface area (TPSA) is 78.4 Å². The van der Waals surface area contributed by atoms with Crippen LogP contribution in [0.15, 0.2) is 0 Å². The van der Waals surface area contributed by atoms with Gasteiger partial charge in [0.05, 0.1) is 6.61 Å².